The third-order valence-corrected chi connectivity index (χ3v) is 3.27. The highest BCUT2D eigenvalue weighted by atomic mass is 16.8. The predicted molar refractivity (Wildman–Crippen MR) is 49.1 cm³/mol. The molecule has 0 amide bonds. The van der Waals surface area contributed by atoms with E-state index in [0.717, 1.165) is 0 Å². The molecule has 0 aromatic carbocycles. The second kappa shape index (κ2) is 2.93. The summed E-state index contributed by atoms with van der Waals surface area (Å²) in [5, 5.41) is 9.44. The van der Waals surface area contributed by atoms with E-state index in [9.17, 15) is 5.11 Å². The van der Waals surface area contributed by atoms with Crippen LogP contribution < -0.4 is 0 Å². The molecule has 3 fully saturated rings. The van der Waals surface area contributed by atoms with E-state index < -0.39 is 11.4 Å². The van der Waals surface area contributed by atoms with Gasteiger partial charge in [0.1, 0.15) is 11.7 Å². The molecule has 3 rings (SSSR count). The van der Waals surface area contributed by atoms with Gasteiger partial charge in [-0.3, -0.25) is 0 Å². The third kappa shape index (κ3) is 1.34. The molecule has 5 heteroatoms. The molecule has 15 heavy (non-hydrogen) atoms. The first kappa shape index (κ1) is 9.99. The minimum absolute atomic E-state index is 0.0339. The van der Waals surface area contributed by atoms with Crippen molar-refractivity contribution < 1.29 is 24.1 Å². The van der Waals surface area contributed by atoms with Gasteiger partial charge in [-0.2, -0.15) is 0 Å². The van der Waals surface area contributed by atoms with Crippen molar-refractivity contribution in [2.45, 2.75) is 50.2 Å². The Hall–Kier alpha value is -0.200. The number of ether oxygens (including phenoxy) is 4. The normalized spacial score (nSPS) is 51.8. The molecule has 0 aromatic rings. The van der Waals surface area contributed by atoms with Crippen LogP contribution in [0.2, 0.25) is 0 Å². The average molecular weight is 216 g/mol. The number of rotatable bonds is 1. The molecule has 3 heterocycles. The fourth-order valence-corrected chi connectivity index (χ4v) is 2.65. The highest BCUT2D eigenvalue weighted by Gasteiger charge is 2.61. The van der Waals surface area contributed by atoms with Crippen molar-refractivity contribution in [1.29, 1.82) is 0 Å². The van der Waals surface area contributed by atoms with Gasteiger partial charge in [-0.25, -0.2) is 0 Å². The van der Waals surface area contributed by atoms with E-state index in [-0.39, 0.29) is 25.1 Å². The Morgan fingerprint density at radius 1 is 1.27 bits per heavy atom. The predicted octanol–water partition coefficient (Wildman–Crippen LogP) is 0.0142. The molecule has 0 spiro atoms. The van der Waals surface area contributed by atoms with Gasteiger partial charge in [0.2, 0.25) is 0 Å². The lowest BCUT2D eigenvalue weighted by molar-refractivity contribution is -0.198. The molecule has 0 radical (unpaired) electrons. The Morgan fingerprint density at radius 3 is 2.80 bits per heavy atom. The molecule has 4 unspecified atom stereocenters. The fourth-order valence-electron chi connectivity index (χ4n) is 2.65. The van der Waals surface area contributed by atoms with Gasteiger partial charge >= 0.3 is 0 Å². The molecular weight excluding hydrogens is 200 g/mol. The van der Waals surface area contributed by atoms with Gasteiger partial charge in [-0.05, 0) is 13.8 Å². The van der Waals surface area contributed by atoms with Crippen molar-refractivity contribution in [3.8, 4) is 0 Å². The lowest BCUT2D eigenvalue weighted by atomic mass is 9.91. The second-order valence-corrected chi connectivity index (χ2v) is 4.91. The molecule has 0 saturated carbocycles. The van der Waals surface area contributed by atoms with Crippen LogP contribution in [0, 0.1) is 0 Å². The highest BCUT2D eigenvalue weighted by molar-refractivity contribution is 5.04. The van der Waals surface area contributed by atoms with E-state index >= 15 is 0 Å². The molecule has 0 aliphatic carbocycles. The van der Waals surface area contributed by atoms with Gasteiger partial charge in [0.15, 0.2) is 12.1 Å². The summed E-state index contributed by atoms with van der Waals surface area (Å²) < 4.78 is 22.7. The molecule has 2 bridgehead atoms. The summed E-state index contributed by atoms with van der Waals surface area (Å²) in [7, 11) is 0. The first-order chi connectivity index (χ1) is 7.05. The Morgan fingerprint density at radius 2 is 2.07 bits per heavy atom. The highest BCUT2D eigenvalue weighted by Crippen LogP contribution is 2.45. The zero-order valence-corrected chi connectivity index (χ0v) is 8.93. The molecule has 4 atom stereocenters. The van der Waals surface area contributed by atoms with Crippen LogP contribution >= 0.6 is 0 Å². The first-order valence-electron chi connectivity index (χ1n) is 5.31. The lowest BCUT2D eigenvalue weighted by Crippen LogP contribution is -2.56. The number of aliphatic hydroxyl groups is 1. The van der Waals surface area contributed by atoms with E-state index in [0.29, 0.717) is 13.0 Å². The van der Waals surface area contributed by atoms with E-state index in [4.69, 9.17) is 18.9 Å². The monoisotopic (exact) mass is 216 g/mol. The number of hydrogen-bond donors (Lipinski definition) is 1. The lowest BCUT2D eigenvalue weighted by Gasteiger charge is -2.36. The fraction of sp³-hybridized carbons (Fsp3) is 1.00. The smallest absolute Gasteiger partial charge is 0.163 e. The maximum atomic E-state index is 9.44. The van der Waals surface area contributed by atoms with Crippen molar-refractivity contribution in [3.63, 3.8) is 0 Å². The van der Waals surface area contributed by atoms with Gasteiger partial charge < -0.3 is 24.1 Å². The van der Waals surface area contributed by atoms with Crippen LogP contribution in [0.15, 0.2) is 0 Å². The van der Waals surface area contributed by atoms with Crippen LogP contribution in [-0.2, 0) is 18.9 Å². The molecule has 5 nitrogen and oxygen atoms in total. The van der Waals surface area contributed by atoms with Crippen LogP contribution in [0.1, 0.15) is 20.3 Å². The molecule has 3 aliphatic heterocycles. The van der Waals surface area contributed by atoms with Crippen LogP contribution in [-0.4, -0.2) is 48.2 Å². The molecule has 3 saturated heterocycles. The van der Waals surface area contributed by atoms with Crippen LogP contribution in [0.3, 0.4) is 0 Å². The Balaban J connectivity index is 1.91. The summed E-state index contributed by atoms with van der Waals surface area (Å²) in [5.74, 6) is -0.592. The minimum Gasteiger partial charge on any atom is -0.393 e. The summed E-state index contributed by atoms with van der Waals surface area (Å²) in [6, 6.07) is 0. The zero-order valence-electron chi connectivity index (χ0n) is 8.93. The third-order valence-electron chi connectivity index (χ3n) is 3.27. The van der Waals surface area contributed by atoms with Crippen LogP contribution in [0.5, 0.6) is 0 Å². The molecule has 86 valence electrons. The van der Waals surface area contributed by atoms with Crippen molar-refractivity contribution in [1.82, 2.24) is 0 Å². The topological polar surface area (TPSA) is 57.2 Å². The molecule has 1 N–H and O–H groups in total. The summed E-state index contributed by atoms with van der Waals surface area (Å²) in [6.07, 6.45) is 0.163. The van der Waals surface area contributed by atoms with Gasteiger partial charge in [-0.1, -0.05) is 0 Å². The van der Waals surface area contributed by atoms with Crippen LogP contribution in [0.25, 0.3) is 0 Å². The van der Waals surface area contributed by atoms with Gasteiger partial charge in [0, 0.05) is 6.42 Å². The van der Waals surface area contributed by atoms with Crippen molar-refractivity contribution in [3.05, 3.63) is 0 Å². The quantitative estimate of drug-likeness (QED) is 0.669. The summed E-state index contributed by atoms with van der Waals surface area (Å²) in [4.78, 5) is 0. The van der Waals surface area contributed by atoms with E-state index in [2.05, 4.69) is 0 Å². The van der Waals surface area contributed by atoms with Crippen molar-refractivity contribution >= 4 is 0 Å². The van der Waals surface area contributed by atoms with Gasteiger partial charge in [0.25, 0.3) is 0 Å². The summed E-state index contributed by atoms with van der Waals surface area (Å²) in [6.45, 7) is 4.05. The first-order valence-corrected chi connectivity index (χ1v) is 5.31. The Kier molecular flexibility index (Phi) is 1.95. The van der Waals surface area contributed by atoms with Crippen molar-refractivity contribution in [2.75, 3.05) is 13.2 Å². The number of aliphatic hydroxyl groups excluding tert-OH is 1. The minimum atomic E-state index is -0.721. The number of hydrogen-bond acceptors (Lipinski definition) is 5. The average Bonchev–Trinajstić information content (AvgIpc) is 2.67. The maximum absolute atomic E-state index is 9.44. The summed E-state index contributed by atoms with van der Waals surface area (Å²) >= 11 is 0. The largest absolute Gasteiger partial charge is 0.393 e. The molecular formula is C10H16O5. The van der Waals surface area contributed by atoms with Gasteiger partial charge in [0.05, 0.1) is 19.3 Å². The van der Waals surface area contributed by atoms with E-state index in [1.165, 1.54) is 0 Å². The summed E-state index contributed by atoms with van der Waals surface area (Å²) in [5.41, 5.74) is -0.721. The standard InChI is InChI=1S/C10H16O5/c1-9(2)13-6-3-7-12-5-10(4-11,14-7)8(6)15-9/h6-8,11H,3-5H2,1-2H3. The number of fused-ring (bicyclic) bond motifs is 4. The second-order valence-electron chi connectivity index (χ2n) is 4.91. The Bertz CT molecular complexity index is 279. The van der Waals surface area contributed by atoms with E-state index in [1.807, 2.05) is 13.8 Å². The Labute approximate surface area is 88.3 Å². The molecule has 0 aromatic heterocycles. The molecule has 3 aliphatic rings. The SMILES string of the molecule is CC1(C)OC2CC3OCC(CO)(O3)C2O1. The maximum Gasteiger partial charge on any atom is 0.163 e. The van der Waals surface area contributed by atoms with Crippen molar-refractivity contribution in [2.24, 2.45) is 0 Å². The zero-order chi connectivity index (χ0) is 10.7. The van der Waals surface area contributed by atoms with Gasteiger partial charge in [-0.15, -0.1) is 0 Å². The van der Waals surface area contributed by atoms with E-state index in [1.54, 1.807) is 0 Å². The van der Waals surface area contributed by atoms with Crippen LogP contribution in [0.4, 0.5) is 0 Å².